The van der Waals surface area contributed by atoms with Crippen LogP contribution in [0.3, 0.4) is 0 Å². The SMILES string of the molecule is N#Cc1cccc(S(=O)(=O)CCNCc2ccc(Br)s2)c1. The van der Waals surface area contributed by atoms with Crippen LogP contribution >= 0.6 is 27.3 Å². The van der Waals surface area contributed by atoms with Gasteiger partial charge >= 0.3 is 0 Å². The van der Waals surface area contributed by atoms with Crippen molar-refractivity contribution in [1.82, 2.24) is 5.32 Å². The third-order valence-electron chi connectivity index (χ3n) is 2.80. The lowest BCUT2D eigenvalue weighted by molar-refractivity contribution is 0.591. The van der Waals surface area contributed by atoms with Crippen LogP contribution in [0.5, 0.6) is 0 Å². The quantitative estimate of drug-likeness (QED) is 0.777. The van der Waals surface area contributed by atoms with Gasteiger partial charge in [-0.3, -0.25) is 0 Å². The molecule has 1 heterocycles. The number of rotatable bonds is 6. The minimum absolute atomic E-state index is 0.00836. The zero-order valence-corrected chi connectivity index (χ0v) is 14.3. The number of halogens is 1. The molecule has 0 aliphatic carbocycles. The van der Waals surface area contributed by atoms with Crippen molar-refractivity contribution in [3.8, 4) is 6.07 Å². The lowest BCUT2D eigenvalue weighted by Gasteiger charge is -2.06. The van der Waals surface area contributed by atoms with Gasteiger partial charge in [-0.2, -0.15) is 5.26 Å². The van der Waals surface area contributed by atoms with Crippen LogP contribution in [0, 0.1) is 11.3 Å². The second-order valence-corrected chi connectivity index (χ2v) is 9.00. The maximum absolute atomic E-state index is 12.2. The predicted molar refractivity (Wildman–Crippen MR) is 86.9 cm³/mol. The molecule has 7 heteroatoms. The van der Waals surface area contributed by atoms with E-state index in [9.17, 15) is 8.42 Å². The zero-order chi connectivity index (χ0) is 15.3. The van der Waals surface area contributed by atoms with Gasteiger partial charge in [0.1, 0.15) is 0 Å². The zero-order valence-electron chi connectivity index (χ0n) is 11.0. The van der Waals surface area contributed by atoms with E-state index in [1.165, 1.54) is 12.1 Å². The van der Waals surface area contributed by atoms with E-state index in [2.05, 4.69) is 21.2 Å². The molecule has 4 nitrogen and oxygen atoms in total. The van der Waals surface area contributed by atoms with E-state index < -0.39 is 9.84 Å². The Morgan fingerprint density at radius 3 is 2.76 bits per heavy atom. The third-order valence-corrected chi connectivity index (χ3v) is 6.14. The predicted octanol–water partition coefficient (Wildman–Crippen LogP) is 2.95. The summed E-state index contributed by atoms with van der Waals surface area (Å²) in [6.07, 6.45) is 0. The molecule has 0 spiro atoms. The molecule has 1 aromatic heterocycles. The van der Waals surface area contributed by atoms with E-state index in [1.54, 1.807) is 23.5 Å². The van der Waals surface area contributed by atoms with E-state index in [-0.39, 0.29) is 10.6 Å². The minimum Gasteiger partial charge on any atom is -0.311 e. The number of sulfone groups is 1. The van der Waals surface area contributed by atoms with Crippen LogP contribution in [0.4, 0.5) is 0 Å². The molecule has 21 heavy (non-hydrogen) atoms. The summed E-state index contributed by atoms with van der Waals surface area (Å²) in [5.41, 5.74) is 0.354. The van der Waals surface area contributed by atoms with E-state index >= 15 is 0 Å². The molecule has 0 amide bonds. The Labute approximate surface area is 136 Å². The summed E-state index contributed by atoms with van der Waals surface area (Å²) in [5, 5.41) is 11.9. The average molecular weight is 385 g/mol. The van der Waals surface area contributed by atoms with Gasteiger partial charge in [0.25, 0.3) is 0 Å². The van der Waals surface area contributed by atoms with Crippen molar-refractivity contribution in [2.45, 2.75) is 11.4 Å². The molecule has 0 fully saturated rings. The van der Waals surface area contributed by atoms with Crippen LogP contribution in [0.25, 0.3) is 0 Å². The topological polar surface area (TPSA) is 70.0 Å². The van der Waals surface area contributed by atoms with Crippen molar-refractivity contribution >= 4 is 37.1 Å². The standard InChI is InChI=1S/C14H13BrN2O2S2/c15-14-5-4-12(20-14)10-17-6-7-21(18,19)13-3-1-2-11(8-13)9-16/h1-5,8,17H,6-7,10H2. The van der Waals surface area contributed by atoms with Gasteiger partial charge in [0, 0.05) is 18.0 Å². The average Bonchev–Trinajstić information content (AvgIpc) is 2.89. The smallest absolute Gasteiger partial charge is 0.179 e. The van der Waals surface area contributed by atoms with Crippen molar-refractivity contribution in [3.63, 3.8) is 0 Å². The Balaban J connectivity index is 1.90. The molecule has 1 aromatic carbocycles. The number of nitriles is 1. The minimum atomic E-state index is -3.36. The van der Waals surface area contributed by atoms with E-state index in [1.807, 2.05) is 18.2 Å². The summed E-state index contributed by atoms with van der Waals surface area (Å²) in [4.78, 5) is 1.34. The Morgan fingerprint density at radius 2 is 2.10 bits per heavy atom. The Bertz CT molecular complexity index is 763. The Morgan fingerprint density at radius 1 is 1.29 bits per heavy atom. The van der Waals surface area contributed by atoms with Crippen LogP contribution in [0.2, 0.25) is 0 Å². The monoisotopic (exact) mass is 384 g/mol. The highest BCUT2D eigenvalue weighted by molar-refractivity contribution is 9.11. The number of nitrogens with one attached hydrogen (secondary N) is 1. The molecule has 0 saturated heterocycles. The Kier molecular flexibility index (Phi) is 5.53. The van der Waals surface area contributed by atoms with Crippen LogP contribution in [0.15, 0.2) is 45.1 Å². The number of benzene rings is 1. The first kappa shape index (κ1) is 16.2. The molecule has 0 atom stereocenters. The van der Waals surface area contributed by atoms with Crippen molar-refractivity contribution in [2.24, 2.45) is 0 Å². The molecule has 2 rings (SSSR count). The molecular formula is C14H13BrN2O2S2. The highest BCUT2D eigenvalue weighted by atomic mass is 79.9. The largest absolute Gasteiger partial charge is 0.311 e. The van der Waals surface area contributed by atoms with Gasteiger partial charge in [-0.25, -0.2) is 8.42 Å². The van der Waals surface area contributed by atoms with Gasteiger partial charge in [0.15, 0.2) is 9.84 Å². The molecule has 0 bridgehead atoms. The van der Waals surface area contributed by atoms with Gasteiger partial charge in [0.05, 0.1) is 26.1 Å². The highest BCUT2D eigenvalue weighted by Crippen LogP contribution is 2.21. The van der Waals surface area contributed by atoms with Crippen LogP contribution in [-0.2, 0) is 16.4 Å². The van der Waals surface area contributed by atoms with Gasteiger partial charge in [-0.05, 0) is 46.3 Å². The summed E-state index contributed by atoms with van der Waals surface area (Å²) in [6, 6.07) is 12.0. The van der Waals surface area contributed by atoms with Crippen LogP contribution in [-0.4, -0.2) is 20.7 Å². The normalized spacial score (nSPS) is 11.2. The van der Waals surface area contributed by atoms with Gasteiger partial charge < -0.3 is 5.32 Å². The molecule has 2 aromatic rings. The molecule has 0 saturated carbocycles. The fourth-order valence-corrected chi connectivity index (χ4v) is 4.44. The second kappa shape index (κ2) is 7.18. The van der Waals surface area contributed by atoms with Gasteiger partial charge in [0.2, 0.25) is 0 Å². The summed E-state index contributed by atoms with van der Waals surface area (Å²) < 4.78 is 25.4. The molecule has 1 N–H and O–H groups in total. The first-order valence-corrected chi connectivity index (χ1v) is 9.45. The fourth-order valence-electron chi connectivity index (χ4n) is 1.74. The molecule has 0 unspecified atom stereocenters. The molecule has 0 radical (unpaired) electrons. The first-order chi connectivity index (χ1) is 10.0. The summed E-state index contributed by atoms with van der Waals surface area (Å²) in [7, 11) is -3.36. The van der Waals surface area contributed by atoms with Gasteiger partial charge in [-0.1, -0.05) is 6.07 Å². The van der Waals surface area contributed by atoms with Crippen molar-refractivity contribution < 1.29 is 8.42 Å². The van der Waals surface area contributed by atoms with E-state index in [0.717, 1.165) is 8.66 Å². The highest BCUT2D eigenvalue weighted by Gasteiger charge is 2.14. The van der Waals surface area contributed by atoms with Crippen molar-refractivity contribution in [1.29, 1.82) is 5.26 Å². The lowest BCUT2D eigenvalue weighted by Crippen LogP contribution is -2.22. The summed E-state index contributed by atoms with van der Waals surface area (Å²) >= 11 is 5.00. The van der Waals surface area contributed by atoms with Crippen LogP contribution in [0.1, 0.15) is 10.4 Å². The molecular weight excluding hydrogens is 372 g/mol. The maximum Gasteiger partial charge on any atom is 0.179 e. The molecule has 0 aliphatic heterocycles. The molecule has 0 aliphatic rings. The summed E-state index contributed by atoms with van der Waals surface area (Å²) in [5.74, 6) is 0.00836. The molecule has 110 valence electrons. The van der Waals surface area contributed by atoms with Crippen molar-refractivity contribution in [3.05, 3.63) is 50.6 Å². The number of hydrogen-bond acceptors (Lipinski definition) is 5. The van der Waals surface area contributed by atoms with Crippen molar-refractivity contribution in [2.75, 3.05) is 12.3 Å². The first-order valence-electron chi connectivity index (χ1n) is 6.19. The van der Waals surface area contributed by atoms with Gasteiger partial charge in [-0.15, -0.1) is 11.3 Å². The van der Waals surface area contributed by atoms with Crippen LogP contribution < -0.4 is 5.32 Å². The number of thiophene rings is 1. The lowest BCUT2D eigenvalue weighted by atomic mass is 10.2. The second-order valence-electron chi connectivity index (χ2n) is 4.34. The summed E-state index contributed by atoms with van der Waals surface area (Å²) in [6.45, 7) is 1.01. The van der Waals surface area contributed by atoms with E-state index in [0.29, 0.717) is 18.7 Å². The number of hydrogen-bond donors (Lipinski definition) is 1. The fraction of sp³-hybridized carbons (Fsp3) is 0.214. The number of nitrogens with zero attached hydrogens (tertiary/aromatic N) is 1. The van der Waals surface area contributed by atoms with E-state index in [4.69, 9.17) is 5.26 Å². The maximum atomic E-state index is 12.2. The third kappa shape index (κ3) is 4.64. The Hall–Kier alpha value is -1.20.